The third-order valence-corrected chi connectivity index (χ3v) is 4.67. The molecule has 1 saturated heterocycles. The highest BCUT2D eigenvalue weighted by Crippen LogP contribution is 2.57. The maximum absolute atomic E-state index is 12.0. The molecule has 6 heteroatoms. The van der Waals surface area contributed by atoms with Crippen LogP contribution in [0.1, 0.15) is 46.5 Å². The van der Waals surface area contributed by atoms with Gasteiger partial charge in [0.1, 0.15) is 11.6 Å². The topological polar surface area (TPSA) is 92.9 Å². The highest BCUT2D eigenvalue weighted by Gasteiger charge is 2.56. The molecule has 1 heterocycles. The van der Waals surface area contributed by atoms with Crippen LogP contribution in [0.2, 0.25) is 0 Å². The van der Waals surface area contributed by atoms with Gasteiger partial charge in [-0.05, 0) is 57.8 Å². The first-order valence-corrected chi connectivity index (χ1v) is 7.62. The Morgan fingerprint density at radius 2 is 1.81 bits per heavy atom. The first kappa shape index (κ1) is 16.1. The Kier molecular flexibility index (Phi) is 4.19. The van der Waals surface area contributed by atoms with Crippen LogP contribution in [0, 0.1) is 11.3 Å². The fraction of sp³-hybridized carbons (Fsp3) is 0.867. The number of hydrogen-bond acceptors (Lipinski definition) is 4. The van der Waals surface area contributed by atoms with Gasteiger partial charge in [-0.25, -0.2) is 4.79 Å². The minimum absolute atomic E-state index is 0.244. The third kappa shape index (κ3) is 3.48. The number of nitrogens with zero attached hydrogens (tertiary/aromatic N) is 1. The summed E-state index contributed by atoms with van der Waals surface area (Å²) in [7, 11) is 0. The minimum atomic E-state index is -0.915. The van der Waals surface area contributed by atoms with E-state index in [4.69, 9.17) is 15.6 Å². The molecule has 2 rings (SSSR count). The number of nitrogens with two attached hydrogens (primary N) is 1. The Balaban J connectivity index is 1.89. The Bertz CT molecular complexity index is 418. The maximum Gasteiger partial charge on any atom is 0.410 e. The smallest absolute Gasteiger partial charge is 0.410 e. The van der Waals surface area contributed by atoms with Gasteiger partial charge >= 0.3 is 12.1 Å². The van der Waals surface area contributed by atoms with E-state index in [1.807, 2.05) is 20.8 Å². The molecule has 3 N–H and O–H groups in total. The summed E-state index contributed by atoms with van der Waals surface area (Å²) >= 11 is 0. The second-order valence-corrected chi connectivity index (χ2v) is 7.29. The van der Waals surface area contributed by atoms with Crippen molar-refractivity contribution in [1.29, 1.82) is 0 Å². The molecule has 1 saturated carbocycles. The van der Waals surface area contributed by atoms with Gasteiger partial charge in [-0.1, -0.05) is 0 Å². The number of ether oxygens (including phenoxy) is 1. The largest absolute Gasteiger partial charge is 0.480 e. The van der Waals surface area contributed by atoms with Crippen molar-refractivity contribution in [3.8, 4) is 0 Å². The van der Waals surface area contributed by atoms with E-state index in [-0.39, 0.29) is 11.5 Å². The summed E-state index contributed by atoms with van der Waals surface area (Å²) in [5.74, 6) is -0.621. The van der Waals surface area contributed by atoms with E-state index in [0.29, 0.717) is 19.0 Å². The van der Waals surface area contributed by atoms with Crippen molar-refractivity contribution in [1.82, 2.24) is 4.90 Å². The normalized spacial score (nSPS) is 23.5. The number of carboxylic acids is 1. The van der Waals surface area contributed by atoms with Crippen LogP contribution in [-0.2, 0) is 9.53 Å². The number of carboxylic acid groups (broad SMARTS) is 1. The molecule has 1 unspecified atom stereocenters. The van der Waals surface area contributed by atoms with Gasteiger partial charge in [0, 0.05) is 13.1 Å². The Morgan fingerprint density at radius 1 is 1.29 bits per heavy atom. The van der Waals surface area contributed by atoms with Gasteiger partial charge in [0.05, 0.1) is 0 Å². The van der Waals surface area contributed by atoms with E-state index in [1.165, 1.54) is 0 Å². The Labute approximate surface area is 125 Å². The van der Waals surface area contributed by atoms with Gasteiger partial charge in [-0.15, -0.1) is 0 Å². The van der Waals surface area contributed by atoms with Gasteiger partial charge in [0.15, 0.2) is 0 Å². The molecule has 0 aromatic rings. The van der Waals surface area contributed by atoms with Gasteiger partial charge in [-0.3, -0.25) is 4.79 Å². The Morgan fingerprint density at radius 3 is 2.19 bits per heavy atom. The fourth-order valence-electron chi connectivity index (χ4n) is 3.33. The number of amides is 1. The lowest BCUT2D eigenvalue weighted by molar-refractivity contribution is -0.141. The molecule has 1 aliphatic heterocycles. The van der Waals surface area contributed by atoms with Crippen LogP contribution < -0.4 is 5.73 Å². The van der Waals surface area contributed by atoms with Crippen LogP contribution in [0.3, 0.4) is 0 Å². The SMILES string of the molecule is CC(C)(C)OC(=O)N1CCC(C2(C(N)C(=O)O)CC2)CC1. The molecule has 120 valence electrons. The van der Waals surface area contributed by atoms with Crippen LogP contribution >= 0.6 is 0 Å². The highest BCUT2D eigenvalue weighted by atomic mass is 16.6. The number of piperidine rings is 1. The fourth-order valence-corrected chi connectivity index (χ4v) is 3.33. The molecule has 21 heavy (non-hydrogen) atoms. The molecule has 2 fully saturated rings. The average molecular weight is 298 g/mol. The summed E-state index contributed by atoms with van der Waals surface area (Å²) in [6, 6.07) is -0.782. The van der Waals surface area contributed by atoms with Crippen molar-refractivity contribution in [3.63, 3.8) is 0 Å². The predicted molar refractivity (Wildman–Crippen MR) is 77.8 cm³/mol. The second kappa shape index (κ2) is 5.48. The van der Waals surface area contributed by atoms with Crippen molar-refractivity contribution in [3.05, 3.63) is 0 Å². The number of carbonyl (C=O) groups excluding carboxylic acids is 1. The molecule has 6 nitrogen and oxygen atoms in total. The van der Waals surface area contributed by atoms with Gasteiger partial charge in [0.25, 0.3) is 0 Å². The molecule has 2 aliphatic rings. The van der Waals surface area contributed by atoms with Crippen molar-refractivity contribution in [2.75, 3.05) is 13.1 Å². The molecule has 0 aromatic heterocycles. The van der Waals surface area contributed by atoms with Crippen LogP contribution in [0.15, 0.2) is 0 Å². The maximum atomic E-state index is 12.0. The van der Waals surface area contributed by atoms with Crippen LogP contribution in [0.4, 0.5) is 4.79 Å². The monoisotopic (exact) mass is 298 g/mol. The first-order valence-electron chi connectivity index (χ1n) is 7.62. The van der Waals surface area contributed by atoms with E-state index >= 15 is 0 Å². The summed E-state index contributed by atoms with van der Waals surface area (Å²) < 4.78 is 5.37. The van der Waals surface area contributed by atoms with E-state index < -0.39 is 17.6 Å². The second-order valence-electron chi connectivity index (χ2n) is 7.29. The first-order chi connectivity index (χ1) is 9.66. The molecule has 1 atom stereocenters. The highest BCUT2D eigenvalue weighted by molar-refractivity contribution is 5.75. The zero-order chi connectivity index (χ0) is 15.8. The summed E-state index contributed by atoms with van der Waals surface area (Å²) in [6.45, 7) is 6.79. The zero-order valence-corrected chi connectivity index (χ0v) is 13.1. The average Bonchev–Trinajstić information content (AvgIpc) is 3.17. The van der Waals surface area contributed by atoms with Crippen molar-refractivity contribution >= 4 is 12.1 Å². The van der Waals surface area contributed by atoms with Crippen LogP contribution in [0.5, 0.6) is 0 Å². The van der Waals surface area contributed by atoms with Crippen LogP contribution in [-0.4, -0.2) is 46.8 Å². The van der Waals surface area contributed by atoms with Gasteiger partial charge in [-0.2, -0.15) is 0 Å². The summed E-state index contributed by atoms with van der Waals surface area (Å²) in [5, 5.41) is 9.15. The van der Waals surface area contributed by atoms with Crippen molar-refractivity contribution in [2.24, 2.45) is 17.1 Å². The van der Waals surface area contributed by atoms with Crippen LogP contribution in [0.25, 0.3) is 0 Å². The quantitative estimate of drug-likeness (QED) is 0.829. The lowest BCUT2D eigenvalue weighted by atomic mass is 9.77. The number of likely N-dealkylation sites (tertiary alicyclic amines) is 1. The predicted octanol–water partition coefficient (Wildman–Crippen LogP) is 1.83. The molecule has 0 bridgehead atoms. The van der Waals surface area contributed by atoms with E-state index in [9.17, 15) is 9.59 Å². The number of rotatable bonds is 3. The lowest BCUT2D eigenvalue weighted by Gasteiger charge is -2.38. The molecular formula is C15H26N2O4. The Hall–Kier alpha value is -1.30. The third-order valence-electron chi connectivity index (χ3n) is 4.67. The summed E-state index contributed by atoms with van der Waals surface area (Å²) in [4.78, 5) is 24.9. The van der Waals surface area contributed by atoms with E-state index in [2.05, 4.69) is 0 Å². The minimum Gasteiger partial charge on any atom is -0.480 e. The molecule has 0 spiro atoms. The van der Waals surface area contributed by atoms with Gasteiger partial charge in [0.2, 0.25) is 0 Å². The van der Waals surface area contributed by atoms with Crippen molar-refractivity contribution in [2.45, 2.75) is 58.1 Å². The lowest BCUT2D eigenvalue weighted by Crippen LogP contribution is -2.48. The summed E-state index contributed by atoms with van der Waals surface area (Å²) in [6.07, 6.45) is 3.10. The number of aliphatic carboxylic acids is 1. The van der Waals surface area contributed by atoms with Crippen molar-refractivity contribution < 1.29 is 19.4 Å². The standard InChI is InChI=1S/C15H26N2O4/c1-14(2,3)21-13(20)17-8-4-10(5-9-17)15(6-7-15)11(16)12(18)19/h10-11H,4-9,16H2,1-3H3,(H,18,19). The van der Waals surface area contributed by atoms with E-state index in [0.717, 1.165) is 25.7 Å². The molecule has 0 aromatic carbocycles. The molecular weight excluding hydrogens is 272 g/mol. The van der Waals surface area contributed by atoms with E-state index in [1.54, 1.807) is 4.90 Å². The number of hydrogen-bond donors (Lipinski definition) is 2. The molecule has 1 aliphatic carbocycles. The number of carbonyl (C=O) groups is 2. The molecule has 0 radical (unpaired) electrons. The van der Waals surface area contributed by atoms with Gasteiger partial charge < -0.3 is 20.5 Å². The zero-order valence-electron chi connectivity index (χ0n) is 13.1. The summed E-state index contributed by atoms with van der Waals surface area (Å²) in [5.41, 5.74) is 5.13. The molecule has 1 amide bonds.